The molecule has 0 fully saturated rings. The minimum absolute atomic E-state index is 0.161. The SMILES string of the molecule is NCC(Cc1cccc(F)c1)CC1Cc2ccccc2S1. The maximum Gasteiger partial charge on any atom is 0.123 e. The molecule has 1 aliphatic heterocycles. The third kappa shape index (κ3) is 3.66. The molecule has 2 N–H and O–H groups in total. The highest BCUT2D eigenvalue weighted by Crippen LogP contribution is 2.39. The summed E-state index contributed by atoms with van der Waals surface area (Å²) in [6, 6.07) is 15.5. The van der Waals surface area contributed by atoms with Gasteiger partial charge in [0.25, 0.3) is 0 Å². The summed E-state index contributed by atoms with van der Waals surface area (Å²) in [5.41, 5.74) is 8.44. The Labute approximate surface area is 129 Å². The van der Waals surface area contributed by atoms with Crippen molar-refractivity contribution in [2.24, 2.45) is 11.7 Å². The smallest absolute Gasteiger partial charge is 0.123 e. The van der Waals surface area contributed by atoms with Gasteiger partial charge >= 0.3 is 0 Å². The van der Waals surface area contributed by atoms with Crippen LogP contribution in [0.4, 0.5) is 4.39 Å². The molecule has 0 amide bonds. The van der Waals surface area contributed by atoms with Crippen LogP contribution >= 0.6 is 11.8 Å². The molecule has 0 aliphatic carbocycles. The first-order valence-corrected chi connectivity index (χ1v) is 8.31. The molecule has 0 radical (unpaired) electrons. The van der Waals surface area contributed by atoms with Crippen molar-refractivity contribution >= 4 is 11.8 Å². The molecule has 21 heavy (non-hydrogen) atoms. The first-order valence-electron chi connectivity index (χ1n) is 7.43. The molecule has 3 rings (SSSR count). The lowest BCUT2D eigenvalue weighted by Gasteiger charge is -2.18. The van der Waals surface area contributed by atoms with Crippen molar-refractivity contribution in [2.45, 2.75) is 29.4 Å². The summed E-state index contributed by atoms with van der Waals surface area (Å²) in [7, 11) is 0. The van der Waals surface area contributed by atoms with Crippen molar-refractivity contribution in [1.82, 2.24) is 0 Å². The zero-order valence-electron chi connectivity index (χ0n) is 12.0. The van der Waals surface area contributed by atoms with Crippen LogP contribution in [0, 0.1) is 11.7 Å². The van der Waals surface area contributed by atoms with Crippen LogP contribution in [-0.2, 0) is 12.8 Å². The normalized spacial score (nSPS) is 18.5. The number of thioether (sulfide) groups is 1. The van der Waals surface area contributed by atoms with E-state index in [9.17, 15) is 4.39 Å². The molecule has 2 aromatic rings. The van der Waals surface area contributed by atoms with Crippen molar-refractivity contribution in [1.29, 1.82) is 0 Å². The molecular weight excluding hydrogens is 281 g/mol. The number of halogens is 1. The Balaban J connectivity index is 1.61. The molecule has 3 heteroatoms. The van der Waals surface area contributed by atoms with Crippen LogP contribution in [0.25, 0.3) is 0 Å². The number of hydrogen-bond donors (Lipinski definition) is 1. The van der Waals surface area contributed by atoms with E-state index in [0.717, 1.165) is 24.8 Å². The second-order valence-corrected chi connectivity index (χ2v) is 7.07. The average Bonchev–Trinajstić information content (AvgIpc) is 2.89. The standard InChI is InChI=1S/C18H20FNS/c19-16-6-3-4-13(9-16)8-14(12-20)10-17-11-15-5-1-2-7-18(15)21-17/h1-7,9,14,17H,8,10-12,20H2. The fraction of sp³-hybridized carbons (Fsp3) is 0.333. The van der Waals surface area contributed by atoms with E-state index < -0.39 is 0 Å². The second-order valence-electron chi connectivity index (χ2n) is 5.72. The molecule has 0 spiro atoms. The highest BCUT2D eigenvalue weighted by molar-refractivity contribution is 8.00. The summed E-state index contributed by atoms with van der Waals surface area (Å²) in [6.07, 6.45) is 3.08. The fourth-order valence-corrected chi connectivity index (χ4v) is 4.47. The van der Waals surface area contributed by atoms with Crippen LogP contribution in [0.3, 0.4) is 0 Å². The van der Waals surface area contributed by atoms with E-state index in [1.165, 1.54) is 16.5 Å². The highest BCUT2D eigenvalue weighted by atomic mass is 32.2. The van der Waals surface area contributed by atoms with Crippen molar-refractivity contribution in [3.05, 3.63) is 65.5 Å². The Morgan fingerprint density at radius 1 is 1.19 bits per heavy atom. The Morgan fingerprint density at radius 2 is 2.05 bits per heavy atom. The molecule has 110 valence electrons. The summed E-state index contributed by atoms with van der Waals surface area (Å²) in [5, 5.41) is 0.601. The largest absolute Gasteiger partial charge is 0.330 e. The van der Waals surface area contributed by atoms with E-state index in [0.29, 0.717) is 17.7 Å². The molecule has 0 saturated heterocycles. The highest BCUT2D eigenvalue weighted by Gasteiger charge is 2.24. The zero-order valence-corrected chi connectivity index (χ0v) is 12.8. The summed E-state index contributed by atoms with van der Waals surface area (Å²) in [6.45, 7) is 0.657. The van der Waals surface area contributed by atoms with Crippen molar-refractivity contribution in [3.63, 3.8) is 0 Å². The van der Waals surface area contributed by atoms with Gasteiger partial charge in [0, 0.05) is 10.1 Å². The lowest BCUT2D eigenvalue weighted by Crippen LogP contribution is -2.21. The van der Waals surface area contributed by atoms with Crippen molar-refractivity contribution < 1.29 is 4.39 Å². The predicted molar refractivity (Wildman–Crippen MR) is 87.1 cm³/mol. The number of nitrogens with two attached hydrogens (primary N) is 1. The quantitative estimate of drug-likeness (QED) is 0.901. The summed E-state index contributed by atoms with van der Waals surface area (Å²) in [5.74, 6) is 0.254. The van der Waals surface area contributed by atoms with Gasteiger partial charge in [0.15, 0.2) is 0 Å². The number of hydrogen-bond acceptors (Lipinski definition) is 2. The van der Waals surface area contributed by atoms with Crippen LogP contribution in [0.1, 0.15) is 17.5 Å². The van der Waals surface area contributed by atoms with Gasteiger partial charge in [-0.2, -0.15) is 0 Å². The van der Waals surface area contributed by atoms with Crippen LogP contribution in [0.15, 0.2) is 53.4 Å². The minimum atomic E-state index is -0.161. The second kappa shape index (κ2) is 6.63. The van der Waals surface area contributed by atoms with Gasteiger partial charge in [-0.1, -0.05) is 30.3 Å². The summed E-state index contributed by atoms with van der Waals surface area (Å²) >= 11 is 1.96. The summed E-state index contributed by atoms with van der Waals surface area (Å²) < 4.78 is 13.3. The summed E-state index contributed by atoms with van der Waals surface area (Å²) in [4.78, 5) is 1.41. The lowest BCUT2D eigenvalue weighted by molar-refractivity contribution is 0.484. The zero-order chi connectivity index (χ0) is 14.7. The van der Waals surface area contributed by atoms with Gasteiger partial charge in [0.1, 0.15) is 5.82 Å². The fourth-order valence-electron chi connectivity index (χ4n) is 3.02. The molecule has 2 unspecified atom stereocenters. The maximum absolute atomic E-state index is 13.3. The van der Waals surface area contributed by atoms with Crippen molar-refractivity contribution in [3.8, 4) is 0 Å². The van der Waals surface area contributed by atoms with Crippen LogP contribution in [0.5, 0.6) is 0 Å². The average molecular weight is 301 g/mol. The number of benzene rings is 2. The van der Waals surface area contributed by atoms with Gasteiger partial charge in [-0.05, 0) is 61.1 Å². The van der Waals surface area contributed by atoms with Gasteiger partial charge < -0.3 is 5.73 Å². The topological polar surface area (TPSA) is 26.0 Å². The Morgan fingerprint density at radius 3 is 2.81 bits per heavy atom. The molecule has 1 nitrogen and oxygen atoms in total. The molecule has 1 aliphatic rings. The molecule has 2 aromatic carbocycles. The van der Waals surface area contributed by atoms with Crippen LogP contribution in [-0.4, -0.2) is 11.8 Å². The van der Waals surface area contributed by atoms with Gasteiger partial charge in [-0.25, -0.2) is 4.39 Å². The van der Waals surface area contributed by atoms with Crippen LogP contribution < -0.4 is 5.73 Å². The number of fused-ring (bicyclic) bond motifs is 1. The molecular formula is C18H20FNS. The number of rotatable bonds is 5. The van der Waals surface area contributed by atoms with E-state index in [4.69, 9.17) is 5.73 Å². The molecule has 0 aromatic heterocycles. The maximum atomic E-state index is 13.3. The van der Waals surface area contributed by atoms with Gasteiger partial charge in [0.05, 0.1) is 0 Å². The lowest BCUT2D eigenvalue weighted by atomic mass is 9.93. The molecule has 1 heterocycles. The van der Waals surface area contributed by atoms with Gasteiger partial charge in [-0.3, -0.25) is 0 Å². The van der Waals surface area contributed by atoms with E-state index in [1.54, 1.807) is 12.1 Å². The Bertz CT molecular complexity index is 589. The van der Waals surface area contributed by atoms with E-state index in [1.807, 2.05) is 17.8 Å². The molecule has 0 saturated carbocycles. The van der Waals surface area contributed by atoms with Crippen LogP contribution in [0.2, 0.25) is 0 Å². The third-order valence-corrected chi connectivity index (χ3v) is 5.40. The monoisotopic (exact) mass is 301 g/mol. The molecule has 0 bridgehead atoms. The van der Waals surface area contributed by atoms with Gasteiger partial charge in [-0.15, -0.1) is 11.8 Å². The minimum Gasteiger partial charge on any atom is -0.330 e. The van der Waals surface area contributed by atoms with E-state index in [-0.39, 0.29) is 5.82 Å². The molecule has 2 atom stereocenters. The van der Waals surface area contributed by atoms with Gasteiger partial charge in [0.2, 0.25) is 0 Å². The Hall–Kier alpha value is -1.32. The first kappa shape index (κ1) is 14.6. The van der Waals surface area contributed by atoms with E-state index >= 15 is 0 Å². The first-order chi connectivity index (χ1) is 10.2. The van der Waals surface area contributed by atoms with E-state index in [2.05, 4.69) is 24.3 Å². The third-order valence-electron chi connectivity index (χ3n) is 4.06. The van der Waals surface area contributed by atoms with Crippen molar-refractivity contribution in [2.75, 3.05) is 6.54 Å². The Kier molecular flexibility index (Phi) is 4.61. The predicted octanol–water partition coefficient (Wildman–Crippen LogP) is 4.05.